The first-order valence-electron chi connectivity index (χ1n) is 5.52. The van der Waals surface area contributed by atoms with Gasteiger partial charge in [0.15, 0.2) is 0 Å². The van der Waals surface area contributed by atoms with Gasteiger partial charge in [0.2, 0.25) is 5.82 Å². The third-order valence-electron chi connectivity index (χ3n) is 2.59. The average Bonchev–Trinajstić information content (AvgIpc) is 2.88. The van der Waals surface area contributed by atoms with E-state index in [1.54, 1.807) is 18.5 Å². The summed E-state index contributed by atoms with van der Waals surface area (Å²) in [5, 5.41) is 12.9. The fraction of sp³-hybridized carbons (Fsp3) is 0.0833. The molecule has 0 aliphatic carbocycles. The van der Waals surface area contributed by atoms with Crippen molar-refractivity contribution < 1.29 is 18.5 Å². The summed E-state index contributed by atoms with van der Waals surface area (Å²) in [7, 11) is 0. The summed E-state index contributed by atoms with van der Waals surface area (Å²) in [6, 6.07) is 2.60. The molecule has 0 radical (unpaired) electrons. The number of nitrogens with one attached hydrogen (secondary N) is 2. The molecule has 0 saturated heterocycles. The Morgan fingerprint density at radius 1 is 1.35 bits per heavy atom. The number of aromatic nitrogens is 1. The number of hydrogen-bond acceptors (Lipinski definition) is 3. The van der Waals surface area contributed by atoms with Crippen molar-refractivity contribution >= 4 is 11.6 Å². The number of nitrogens with zero attached hydrogens (tertiary/aromatic N) is 1. The molecule has 6 nitrogen and oxygen atoms in total. The number of rotatable bonds is 4. The molecule has 2 rings (SSSR count). The van der Waals surface area contributed by atoms with Crippen LogP contribution in [0.4, 0.5) is 14.5 Å². The summed E-state index contributed by atoms with van der Waals surface area (Å²) in [6.45, 7) is 0.118. The molecule has 20 heavy (non-hydrogen) atoms. The Kier molecular flexibility index (Phi) is 3.74. The van der Waals surface area contributed by atoms with Crippen molar-refractivity contribution in [3.05, 3.63) is 63.5 Å². The summed E-state index contributed by atoms with van der Waals surface area (Å²) < 4.78 is 26.6. The van der Waals surface area contributed by atoms with E-state index < -0.39 is 33.7 Å². The van der Waals surface area contributed by atoms with Crippen LogP contribution in [0, 0.1) is 21.7 Å². The number of halogens is 2. The molecule has 0 saturated carbocycles. The third-order valence-corrected chi connectivity index (χ3v) is 2.59. The Balaban J connectivity index is 2.21. The van der Waals surface area contributed by atoms with Crippen LogP contribution in [0.1, 0.15) is 15.9 Å². The number of nitro benzene ring substituents is 1. The van der Waals surface area contributed by atoms with Crippen LogP contribution < -0.4 is 5.32 Å². The van der Waals surface area contributed by atoms with Crippen molar-refractivity contribution in [1.82, 2.24) is 10.3 Å². The number of nitro groups is 1. The van der Waals surface area contributed by atoms with Crippen LogP contribution in [0.25, 0.3) is 0 Å². The van der Waals surface area contributed by atoms with Crippen LogP contribution >= 0.6 is 0 Å². The molecular weight excluding hydrogens is 272 g/mol. The Hall–Kier alpha value is -2.77. The maximum atomic E-state index is 13.5. The van der Waals surface area contributed by atoms with E-state index in [2.05, 4.69) is 10.3 Å². The maximum Gasteiger partial charge on any atom is 0.305 e. The Labute approximate surface area is 111 Å². The molecule has 0 aliphatic rings. The molecular formula is C12H9F2N3O3. The molecule has 8 heteroatoms. The highest BCUT2D eigenvalue weighted by Gasteiger charge is 2.22. The zero-order chi connectivity index (χ0) is 14.7. The molecule has 0 bridgehead atoms. The summed E-state index contributed by atoms with van der Waals surface area (Å²) in [5.74, 6) is -3.33. The highest BCUT2D eigenvalue weighted by Crippen LogP contribution is 2.21. The second-order valence-electron chi connectivity index (χ2n) is 3.94. The minimum Gasteiger partial charge on any atom is -0.367 e. The van der Waals surface area contributed by atoms with Gasteiger partial charge in [-0.05, 0) is 11.6 Å². The summed E-state index contributed by atoms with van der Waals surface area (Å²) >= 11 is 0. The number of H-pyrrole nitrogens is 1. The van der Waals surface area contributed by atoms with Gasteiger partial charge < -0.3 is 10.3 Å². The SMILES string of the molecule is O=C(NCc1cc[nH]c1)c1cc([N+](=O)[O-])c(F)cc1F. The third kappa shape index (κ3) is 2.79. The summed E-state index contributed by atoms with van der Waals surface area (Å²) in [4.78, 5) is 24.1. The van der Waals surface area contributed by atoms with Gasteiger partial charge in [0.05, 0.1) is 10.5 Å². The fourth-order valence-electron chi connectivity index (χ4n) is 1.60. The Morgan fingerprint density at radius 3 is 2.70 bits per heavy atom. The quantitative estimate of drug-likeness (QED) is 0.664. The van der Waals surface area contributed by atoms with Crippen LogP contribution in [0.15, 0.2) is 30.6 Å². The lowest BCUT2D eigenvalue weighted by atomic mass is 10.1. The van der Waals surface area contributed by atoms with Crippen LogP contribution in [-0.4, -0.2) is 15.8 Å². The smallest absolute Gasteiger partial charge is 0.305 e. The zero-order valence-electron chi connectivity index (χ0n) is 10.0. The van der Waals surface area contributed by atoms with E-state index in [-0.39, 0.29) is 6.54 Å². The van der Waals surface area contributed by atoms with Gasteiger partial charge in [-0.2, -0.15) is 4.39 Å². The molecule has 2 aromatic rings. The van der Waals surface area contributed by atoms with Gasteiger partial charge in [0, 0.05) is 31.1 Å². The van der Waals surface area contributed by atoms with Crippen molar-refractivity contribution in [2.24, 2.45) is 0 Å². The van der Waals surface area contributed by atoms with Gasteiger partial charge in [-0.15, -0.1) is 0 Å². The topological polar surface area (TPSA) is 88.0 Å². The van der Waals surface area contributed by atoms with E-state index in [1.165, 1.54) is 0 Å². The van der Waals surface area contributed by atoms with Crippen molar-refractivity contribution in [3.63, 3.8) is 0 Å². The van der Waals surface area contributed by atoms with Crippen LogP contribution in [0.2, 0.25) is 0 Å². The van der Waals surface area contributed by atoms with E-state index in [9.17, 15) is 23.7 Å². The second-order valence-corrected chi connectivity index (χ2v) is 3.94. The molecule has 0 unspecified atom stereocenters. The number of aromatic amines is 1. The normalized spacial score (nSPS) is 10.3. The van der Waals surface area contributed by atoms with Crippen molar-refractivity contribution in [2.75, 3.05) is 0 Å². The number of hydrogen-bond donors (Lipinski definition) is 2. The van der Waals surface area contributed by atoms with Crippen molar-refractivity contribution in [1.29, 1.82) is 0 Å². The lowest BCUT2D eigenvalue weighted by Gasteiger charge is -2.05. The zero-order valence-corrected chi connectivity index (χ0v) is 10.0. The molecule has 1 aromatic carbocycles. The minimum absolute atomic E-state index is 0.118. The van der Waals surface area contributed by atoms with Gasteiger partial charge in [0.25, 0.3) is 5.91 Å². The van der Waals surface area contributed by atoms with E-state index in [0.717, 1.165) is 5.56 Å². The summed E-state index contributed by atoms with van der Waals surface area (Å²) in [5.41, 5.74) is -0.776. The first-order valence-corrected chi connectivity index (χ1v) is 5.52. The standard InChI is InChI=1S/C12H9F2N3O3/c13-9-4-10(14)11(17(19)20)3-8(9)12(18)16-6-7-1-2-15-5-7/h1-5,15H,6H2,(H,16,18). The fourth-order valence-corrected chi connectivity index (χ4v) is 1.60. The number of benzene rings is 1. The molecule has 1 amide bonds. The maximum absolute atomic E-state index is 13.5. The van der Waals surface area contributed by atoms with Gasteiger partial charge >= 0.3 is 5.69 Å². The first kappa shape index (κ1) is 13.7. The Morgan fingerprint density at radius 2 is 2.10 bits per heavy atom. The highest BCUT2D eigenvalue weighted by atomic mass is 19.1. The molecule has 0 atom stereocenters. The largest absolute Gasteiger partial charge is 0.367 e. The molecule has 1 aromatic heterocycles. The van der Waals surface area contributed by atoms with Crippen LogP contribution in [0.5, 0.6) is 0 Å². The highest BCUT2D eigenvalue weighted by molar-refractivity contribution is 5.95. The lowest BCUT2D eigenvalue weighted by Crippen LogP contribution is -2.24. The molecule has 1 heterocycles. The number of amides is 1. The predicted octanol–water partition coefficient (Wildman–Crippen LogP) is 2.13. The lowest BCUT2D eigenvalue weighted by molar-refractivity contribution is -0.387. The van der Waals surface area contributed by atoms with Gasteiger partial charge in [-0.3, -0.25) is 14.9 Å². The Bertz CT molecular complexity index is 656. The molecule has 0 fully saturated rings. The molecule has 104 valence electrons. The van der Waals surface area contributed by atoms with Crippen molar-refractivity contribution in [2.45, 2.75) is 6.54 Å². The van der Waals surface area contributed by atoms with Crippen LogP contribution in [0.3, 0.4) is 0 Å². The van der Waals surface area contributed by atoms with E-state index in [4.69, 9.17) is 0 Å². The van der Waals surface area contributed by atoms with Crippen molar-refractivity contribution in [3.8, 4) is 0 Å². The van der Waals surface area contributed by atoms with Crippen LogP contribution in [-0.2, 0) is 6.54 Å². The second kappa shape index (κ2) is 5.47. The first-order chi connectivity index (χ1) is 9.49. The molecule has 0 spiro atoms. The van der Waals surface area contributed by atoms with Gasteiger partial charge in [-0.1, -0.05) is 0 Å². The molecule has 2 N–H and O–H groups in total. The van der Waals surface area contributed by atoms with E-state index in [1.807, 2.05) is 0 Å². The number of carbonyl (C=O) groups is 1. The number of carbonyl (C=O) groups excluding carboxylic acids is 1. The van der Waals surface area contributed by atoms with E-state index in [0.29, 0.717) is 12.1 Å². The minimum atomic E-state index is -1.32. The predicted molar refractivity (Wildman–Crippen MR) is 65.0 cm³/mol. The monoisotopic (exact) mass is 281 g/mol. The molecule has 0 aliphatic heterocycles. The van der Waals surface area contributed by atoms with Gasteiger partial charge in [0.1, 0.15) is 5.82 Å². The average molecular weight is 281 g/mol. The van der Waals surface area contributed by atoms with Gasteiger partial charge in [-0.25, -0.2) is 4.39 Å². The summed E-state index contributed by atoms with van der Waals surface area (Å²) in [6.07, 6.45) is 3.27. The van der Waals surface area contributed by atoms with E-state index >= 15 is 0 Å².